The number of imidazole rings is 1. The number of nitrogens with one attached hydrogen (secondary N) is 2. The highest BCUT2D eigenvalue weighted by Gasteiger charge is 2.08. The first kappa shape index (κ1) is 16.4. The van der Waals surface area contributed by atoms with E-state index < -0.39 is 0 Å². The standard InChI is InChI=1S/C20H16N4OS/c25-19(13-26-16-8-10-21-11-9-16)22-15-5-3-4-14(12-15)20-23-17-6-1-2-7-18(17)24-20/h1-12H,13H2,(H,22,25)(H,23,24). The summed E-state index contributed by atoms with van der Waals surface area (Å²) in [5, 5.41) is 2.94. The number of aromatic amines is 1. The molecule has 0 bridgehead atoms. The van der Waals surface area contributed by atoms with E-state index in [9.17, 15) is 4.79 Å². The van der Waals surface area contributed by atoms with Gasteiger partial charge in [0.2, 0.25) is 5.91 Å². The fourth-order valence-electron chi connectivity index (χ4n) is 2.61. The van der Waals surface area contributed by atoms with Crippen LogP contribution in [0.1, 0.15) is 0 Å². The van der Waals surface area contributed by atoms with Gasteiger partial charge in [-0.15, -0.1) is 11.8 Å². The summed E-state index contributed by atoms with van der Waals surface area (Å²) in [4.78, 5) is 25.1. The van der Waals surface area contributed by atoms with E-state index in [0.717, 1.165) is 33.0 Å². The summed E-state index contributed by atoms with van der Waals surface area (Å²) in [5.74, 6) is 1.08. The van der Waals surface area contributed by atoms with Crippen LogP contribution < -0.4 is 5.32 Å². The summed E-state index contributed by atoms with van der Waals surface area (Å²) in [7, 11) is 0. The van der Waals surface area contributed by atoms with Crippen molar-refractivity contribution in [2.45, 2.75) is 4.90 Å². The van der Waals surface area contributed by atoms with Crippen LogP contribution in [0.25, 0.3) is 22.4 Å². The SMILES string of the molecule is O=C(CSc1ccncc1)Nc1cccc(-c2nc3ccccc3[nH]2)c1. The third-order valence-electron chi connectivity index (χ3n) is 3.83. The topological polar surface area (TPSA) is 70.7 Å². The maximum Gasteiger partial charge on any atom is 0.234 e. The second-order valence-corrected chi connectivity index (χ2v) is 6.75. The molecule has 128 valence electrons. The molecule has 5 nitrogen and oxygen atoms in total. The zero-order valence-corrected chi connectivity index (χ0v) is 14.7. The number of para-hydroxylation sites is 2. The zero-order chi connectivity index (χ0) is 17.8. The molecule has 0 saturated carbocycles. The van der Waals surface area contributed by atoms with Gasteiger partial charge in [0.15, 0.2) is 0 Å². The molecule has 0 saturated heterocycles. The molecule has 1 amide bonds. The average molecular weight is 360 g/mol. The van der Waals surface area contributed by atoms with Crippen molar-refractivity contribution in [1.29, 1.82) is 0 Å². The first-order valence-electron chi connectivity index (χ1n) is 8.16. The molecule has 2 heterocycles. The summed E-state index contributed by atoms with van der Waals surface area (Å²) < 4.78 is 0. The van der Waals surface area contributed by atoms with E-state index in [-0.39, 0.29) is 5.91 Å². The lowest BCUT2D eigenvalue weighted by Gasteiger charge is -2.06. The van der Waals surface area contributed by atoms with E-state index in [1.54, 1.807) is 12.4 Å². The van der Waals surface area contributed by atoms with Gasteiger partial charge in [-0.25, -0.2) is 4.98 Å². The van der Waals surface area contributed by atoms with E-state index in [4.69, 9.17) is 0 Å². The summed E-state index contributed by atoms with van der Waals surface area (Å²) in [5.41, 5.74) is 3.60. The van der Waals surface area contributed by atoms with Crippen LogP contribution in [0.5, 0.6) is 0 Å². The van der Waals surface area contributed by atoms with Crippen LogP contribution in [-0.4, -0.2) is 26.6 Å². The van der Waals surface area contributed by atoms with Crippen molar-refractivity contribution < 1.29 is 4.79 Å². The molecule has 2 aromatic heterocycles. The Morgan fingerprint density at radius 1 is 1.04 bits per heavy atom. The highest BCUT2D eigenvalue weighted by molar-refractivity contribution is 8.00. The van der Waals surface area contributed by atoms with Crippen LogP contribution in [-0.2, 0) is 4.79 Å². The molecule has 2 aromatic carbocycles. The molecule has 0 unspecified atom stereocenters. The van der Waals surface area contributed by atoms with Crippen molar-refractivity contribution in [3.8, 4) is 11.4 Å². The van der Waals surface area contributed by atoms with Crippen molar-refractivity contribution in [1.82, 2.24) is 15.0 Å². The Hall–Kier alpha value is -3.12. The Balaban J connectivity index is 1.46. The molecule has 0 atom stereocenters. The molecular formula is C20H16N4OS. The van der Waals surface area contributed by atoms with E-state index in [1.807, 2.05) is 60.7 Å². The molecule has 2 N–H and O–H groups in total. The minimum atomic E-state index is -0.0476. The van der Waals surface area contributed by atoms with Gasteiger partial charge >= 0.3 is 0 Å². The monoisotopic (exact) mass is 360 g/mol. The minimum Gasteiger partial charge on any atom is -0.338 e. The molecule has 6 heteroatoms. The summed E-state index contributed by atoms with van der Waals surface area (Å²) in [6.45, 7) is 0. The first-order chi connectivity index (χ1) is 12.8. The number of H-pyrrole nitrogens is 1. The third-order valence-corrected chi connectivity index (χ3v) is 4.84. The fourth-order valence-corrected chi connectivity index (χ4v) is 3.30. The van der Waals surface area contributed by atoms with Gasteiger partial charge in [0.25, 0.3) is 0 Å². The minimum absolute atomic E-state index is 0.0476. The normalized spacial score (nSPS) is 10.8. The Morgan fingerprint density at radius 2 is 1.88 bits per heavy atom. The van der Waals surface area contributed by atoms with Gasteiger partial charge in [-0.05, 0) is 36.4 Å². The maximum absolute atomic E-state index is 12.2. The Kier molecular flexibility index (Phi) is 4.66. The number of rotatable bonds is 5. The summed E-state index contributed by atoms with van der Waals surface area (Å²) in [6, 6.07) is 19.4. The molecule has 0 aliphatic carbocycles. The van der Waals surface area contributed by atoms with Crippen LogP contribution in [0.3, 0.4) is 0 Å². The fraction of sp³-hybridized carbons (Fsp3) is 0.0500. The number of benzene rings is 2. The van der Waals surface area contributed by atoms with E-state index in [1.165, 1.54) is 11.8 Å². The maximum atomic E-state index is 12.2. The lowest BCUT2D eigenvalue weighted by Crippen LogP contribution is -2.13. The third kappa shape index (κ3) is 3.75. The number of carbonyl (C=O) groups is 1. The summed E-state index contributed by atoms with van der Waals surface area (Å²) in [6.07, 6.45) is 3.44. The molecule has 0 spiro atoms. The van der Waals surface area contributed by atoms with E-state index in [0.29, 0.717) is 5.75 Å². The van der Waals surface area contributed by atoms with Crippen molar-refractivity contribution in [2.24, 2.45) is 0 Å². The van der Waals surface area contributed by atoms with Crippen molar-refractivity contribution in [3.05, 3.63) is 73.1 Å². The number of pyridine rings is 1. The number of aromatic nitrogens is 3. The van der Waals surface area contributed by atoms with E-state index >= 15 is 0 Å². The van der Waals surface area contributed by atoms with Crippen molar-refractivity contribution >= 4 is 34.4 Å². The van der Waals surface area contributed by atoms with Crippen molar-refractivity contribution in [2.75, 3.05) is 11.1 Å². The molecule has 0 aliphatic rings. The Morgan fingerprint density at radius 3 is 2.73 bits per heavy atom. The van der Waals surface area contributed by atoms with Gasteiger partial charge in [0, 0.05) is 28.5 Å². The van der Waals surface area contributed by atoms with Gasteiger partial charge in [-0.3, -0.25) is 9.78 Å². The molecular weight excluding hydrogens is 344 g/mol. The van der Waals surface area contributed by atoms with Crippen LogP contribution >= 0.6 is 11.8 Å². The smallest absolute Gasteiger partial charge is 0.234 e. The van der Waals surface area contributed by atoms with Crippen molar-refractivity contribution in [3.63, 3.8) is 0 Å². The van der Waals surface area contributed by atoms with Crippen LogP contribution in [0.15, 0.2) is 78.0 Å². The van der Waals surface area contributed by atoms with Gasteiger partial charge < -0.3 is 10.3 Å². The van der Waals surface area contributed by atoms with Gasteiger partial charge in [0.1, 0.15) is 5.82 Å². The van der Waals surface area contributed by atoms with Crippen LogP contribution in [0.2, 0.25) is 0 Å². The number of amides is 1. The number of hydrogen-bond donors (Lipinski definition) is 2. The number of hydrogen-bond acceptors (Lipinski definition) is 4. The number of thioether (sulfide) groups is 1. The second-order valence-electron chi connectivity index (χ2n) is 5.70. The van der Waals surface area contributed by atoms with E-state index in [2.05, 4.69) is 20.3 Å². The van der Waals surface area contributed by atoms with Crippen LogP contribution in [0.4, 0.5) is 5.69 Å². The lowest BCUT2D eigenvalue weighted by molar-refractivity contribution is -0.113. The quantitative estimate of drug-likeness (QED) is 0.519. The molecule has 0 aliphatic heterocycles. The zero-order valence-electron chi connectivity index (χ0n) is 13.8. The number of carbonyl (C=O) groups excluding carboxylic acids is 1. The first-order valence-corrected chi connectivity index (χ1v) is 9.14. The number of anilines is 1. The Labute approximate surface area is 154 Å². The molecule has 0 radical (unpaired) electrons. The molecule has 0 fully saturated rings. The number of nitrogens with zero attached hydrogens (tertiary/aromatic N) is 2. The predicted molar refractivity (Wildman–Crippen MR) is 105 cm³/mol. The summed E-state index contributed by atoms with van der Waals surface area (Å²) >= 11 is 1.48. The number of fused-ring (bicyclic) bond motifs is 1. The highest BCUT2D eigenvalue weighted by atomic mass is 32.2. The average Bonchev–Trinajstić information content (AvgIpc) is 3.12. The second kappa shape index (κ2) is 7.41. The van der Waals surface area contributed by atoms with Gasteiger partial charge in [-0.2, -0.15) is 0 Å². The largest absolute Gasteiger partial charge is 0.338 e. The molecule has 4 aromatic rings. The van der Waals surface area contributed by atoms with Gasteiger partial charge in [0.05, 0.1) is 16.8 Å². The predicted octanol–water partition coefficient (Wildman–Crippen LogP) is 4.36. The molecule has 4 rings (SSSR count). The molecule has 26 heavy (non-hydrogen) atoms. The highest BCUT2D eigenvalue weighted by Crippen LogP contribution is 2.23. The van der Waals surface area contributed by atoms with Crippen LogP contribution in [0, 0.1) is 0 Å². The Bertz CT molecular complexity index is 1010. The van der Waals surface area contributed by atoms with Gasteiger partial charge in [-0.1, -0.05) is 24.3 Å². The lowest BCUT2D eigenvalue weighted by atomic mass is 10.2.